The fourth-order valence-electron chi connectivity index (χ4n) is 9.06. The zero-order valence-electron chi connectivity index (χ0n) is 49.4. The molecule has 0 spiro atoms. The Morgan fingerprint density at radius 1 is 0.449 bits per heavy atom. The molecule has 78 heavy (non-hydrogen) atoms. The first kappa shape index (κ1) is 72.3. The number of unbranched alkanes of at least 4 members (excludes halogenated alkanes) is 22. The van der Waals surface area contributed by atoms with Crippen LogP contribution in [0.1, 0.15) is 239 Å². The summed E-state index contributed by atoms with van der Waals surface area (Å²) in [6.07, 6.45) is 79.6. The molecule has 0 aliphatic carbocycles. The molecule has 1 amide bonds. The lowest BCUT2D eigenvalue weighted by molar-refractivity contribution is -0.302. The second kappa shape index (κ2) is 56.6. The minimum absolute atomic E-state index is 0.233. The van der Waals surface area contributed by atoms with Crippen LogP contribution in [-0.4, -0.2) is 87.5 Å². The molecule has 7 atom stereocenters. The van der Waals surface area contributed by atoms with E-state index in [-0.39, 0.29) is 18.9 Å². The first-order valence-corrected chi connectivity index (χ1v) is 31.4. The minimum Gasteiger partial charge on any atom is -0.394 e. The summed E-state index contributed by atoms with van der Waals surface area (Å²) in [7, 11) is 0. The van der Waals surface area contributed by atoms with Gasteiger partial charge in [0.05, 0.1) is 25.4 Å². The van der Waals surface area contributed by atoms with Crippen molar-refractivity contribution in [3.63, 3.8) is 0 Å². The molecule has 1 rings (SSSR count). The van der Waals surface area contributed by atoms with Crippen molar-refractivity contribution in [2.45, 2.75) is 281 Å². The first-order chi connectivity index (χ1) is 38.3. The number of hydrogen-bond acceptors (Lipinski definition) is 8. The van der Waals surface area contributed by atoms with Gasteiger partial charge in [-0.2, -0.15) is 0 Å². The zero-order chi connectivity index (χ0) is 56.5. The largest absolute Gasteiger partial charge is 0.394 e. The van der Waals surface area contributed by atoms with Gasteiger partial charge >= 0.3 is 0 Å². The van der Waals surface area contributed by atoms with E-state index in [2.05, 4.69) is 141 Å². The summed E-state index contributed by atoms with van der Waals surface area (Å²) in [5.74, 6) is -0.248. The third-order valence-electron chi connectivity index (χ3n) is 14.0. The van der Waals surface area contributed by atoms with Crippen LogP contribution in [-0.2, 0) is 14.3 Å². The molecule has 1 heterocycles. The number of rotatable bonds is 52. The van der Waals surface area contributed by atoms with E-state index in [1.54, 1.807) is 6.08 Å². The molecular weight excluding hydrogens is 971 g/mol. The summed E-state index contributed by atoms with van der Waals surface area (Å²) in [6.45, 7) is 3.62. The molecule has 0 aromatic heterocycles. The van der Waals surface area contributed by atoms with Gasteiger partial charge in [0, 0.05) is 6.42 Å². The SMILES string of the molecule is CC/C=C\C/C=C\C/C=C\C/C=C\C/C=C\C/C=C\C/C=C\C/C=C\C/C=C\CCCC(=O)NC(COC1OC(CO)C(O)C(O)C1O)C(O)/C=C/CC/C=C/CCCCCCCCCCCCCCCCCCCCCC. The highest BCUT2D eigenvalue weighted by atomic mass is 16.7. The van der Waals surface area contributed by atoms with Crippen molar-refractivity contribution in [1.82, 2.24) is 5.32 Å². The average molecular weight is 1090 g/mol. The Bertz CT molecular complexity index is 1690. The van der Waals surface area contributed by atoms with E-state index >= 15 is 0 Å². The molecule has 6 N–H and O–H groups in total. The number of nitrogens with one attached hydrogen (secondary N) is 1. The monoisotopic (exact) mass is 1090 g/mol. The van der Waals surface area contributed by atoms with Gasteiger partial charge in [-0.1, -0.05) is 270 Å². The maximum Gasteiger partial charge on any atom is 0.220 e. The summed E-state index contributed by atoms with van der Waals surface area (Å²) in [6, 6.07) is -0.865. The van der Waals surface area contributed by atoms with E-state index < -0.39 is 49.5 Å². The third kappa shape index (κ3) is 45.1. The lowest BCUT2D eigenvalue weighted by Crippen LogP contribution is -2.60. The molecule has 0 aromatic carbocycles. The standard InChI is InChI=1S/C69H115NO8/c1-3-5-7-9-11-13-15-17-19-21-23-25-27-29-31-32-33-35-37-39-41-43-45-47-49-51-53-55-57-59-65(73)70-62(61-77-69-68(76)67(75)66(74)64(60-71)78-69)63(72)58-56-54-52-50-48-46-44-42-40-38-36-34-30-28-26-24-22-20-18-16-14-12-10-8-6-4-2/h5,7,11,13,17,19,23,25,29,31,33,35,39,41,45,47-48,50-51,53,56,58,62-64,66-69,71-72,74-76H,3-4,6,8-10,12,14-16,18,20-22,24,26-28,30,32,34,36-38,40,42-44,46,49,52,54-55,57,59-61H2,1-2H3,(H,70,73)/b7-5-,13-11-,19-17-,25-23-,31-29-,35-33-,41-39-,47-45-,50-48+,53-51-,58-56+. The predicted octanol–water partition coefficient (Wildman–Crippen LogP) is 16.5. The van der Waals surface area contributed by atoms with Gasteiger partial charge in [0.1, 0.15) is 24.4 Å². The van der Waals surface area contributed by atoms with Crippen LogP contribution in [0.4, 0.5) is 0 Å². The molecule has 9 nitrogen and oxygen atoms in total. The Kier molecular flexibility index (Phi) is 52.5. The van der Waals surface area contributed by atoms with Crippen molar-refractivity contribution in [2.75, 3.05) is 13.2 Å². The quantitative estimate of drug-likeness (QED) is 0.0261. The van der Waals surface area contributed by atoms with Crippen molar-refractivity contribution in [3.8, 4) is 0 Å². The molecule has 1 saturated heterocycles. The summed E-state index contributed by atoms with van der Waals surface area (Å²) < 4.78 is 11.2. The second-order valence-corrected chi connectivity index (χ2v) is 21.1. The molecule has 9 heteroatoms. The normalized spacial score (nSPS) is 19.6. The van der Waals surface area contributed by atoms with Crippen molar-refractivity contribution >= 4 is 5.91 Å². The Hall–Kier alpha value is -3.67. The van der Waals surface area contributed by atoms with Gasteiger partial charge in [0.2, 0.25) is 5.91 Å². The van der Waals surface area contributed by atoms with Gasteiger partial charge < -0.3 is 40.3 Å². The maximum absolute atomic E-state index is 13.1. The topological polar surface area (TPSA) is 149 Å². The Labute approximate surface area is 477 Å². The number of amides is 1. The van der Waals surface area contributed by atoms with Gasteiger partial charge in [-0.05, 0) is 96.3 Å². The lowest BCUT2D eigenvalue weighted by Gasteiger charge is -2.40. The highest BCUT2D eigenvalue weighted by Gasteiger charge is 2.44. The predicted molar refractivity (Wildman–Crippen MR) is 331 cm³/mol. The third-order valence-corrected chi connectivity index (χ3v) is 14.0. The minimum atomic E-state index is -1.59. The first-order valence-electron chi connectivity index (χ1n) is 31.4. The fraction of sp³-hybridized carbons (Fsp3) is 0.667. The molecule has 0 saturated carbocycles. The van der Waals surface area contributed by atoms with E-state index in [4.69, 9.17) is 9.47 Å². The number of allylic oxidation sites excluding steroid dienone is 21. The lowest BCUT2D eigenvalue weighted by atomic mass is 9.99. The van der Waals surface area contributed by atoms with Crippen LogP contribution in [0.2, 0.25) is 0 Å². The molecule has 1 fully saturated rings. The smallest absolute Gasteiger partial charge is 0.220 e. The van der Waals surface area contributed by atoms with Crippen LogP contribution < -0.4 is 5.32 Å². The van der Waals surface area contributed by atoms with E-state index in [0.717, 1.165) is 83.5 Å². The number of carbonyl (C=O) groups excluding carboxylic acids is 1. The fourth-order valence-corrected chi connectivity index (χ4v) is 9.06. The van der Waals surface area contributed by atoms with Crippen molar-refractivity contribution in [2.24, 2.45) is 0 Å². The van der Waals surface area contributed by atoms with Crippen LogP contribution in [0.5, 0.6) is 0 Å². The molecule has 1 aliphatic heterocycles. The van der Waals surface area contributed by atoms with Crippen LogP contribution in [0.15, 0.2) is 134 Å². The van der Waals surface area contributed by atoms with E-state index in [9.17, 15) is 30.3 Å². The highest BCUT2D eigenvalue weighted by Crippen LogP contribution is 2.23. The Morgan fingerprint density at radius 2 is 0.808 bits per heavy atom. The van der Waals surface area contributed by atoms with Gasteiger partial charge in [0.25, 0.3) is 0 Å². The summed E-state index contributed by atoms with van der Waals surface area (Å²) in [5.41, 5.74) is 0. The van der Waals surface area contributed by atoms with Crippen LogP contribution in [0, 0.1) is 0 Å². The van der Waals surface area contributed by atoms with Gasteiger partial charge in [-0.3, -0.25) is 4.79 Å². The average Bonchev–Trinajstić information content (AvgIpc) is 3.45. The Morgan fingerprint density at radius 3 is 1.23 bits per heavy atom. The van der Waals surface area contributed by atoms with E-state index in [0.29, 0.717) is 6.42 Å². The summed E-state index contributed by atoms with van der Waals surface area (Å²) >= 11 is 0. The van der Waals surface area contributed by atoms with Crippen molar-refractivity contribution in [3.05, 3.63) is 134 Å². The molecular formula is C69H115NO8. The molecule has 7 unspecified atom stereocenters. The van der Waals surface area contributed by atoms with Gasteiger partial charge in [0.15, 0.2) is 6.29 Å². The van der Waals surface area contributed by atoms with Gasteiger partial charge in [-0.15, -0.1) is 0 Å². The molecule has 0 aromatic rings. The molecule has 0 bridgehead atoms. The Balaban J connectivity index is 2.29. The number of hydrogen-bond donors (Lipinski definition) is 6. The van der Waals surface area contributed by atoms with E-state index in [1.165, 1.54) is 128 Å². The number of ether oxygens (including phenoxy) is 2. The van der Waals surface area contributed by atoms with Crippen molar-refractivity contribution < 1.29 is 39.8 Å². The van der Waals surface area contributed by atoms with Crippen LogP contribution in [0.25, 0.3) is 0 Å². The van der Waals surface area contributed by atoms with Crippen LogP contribution in [0.3, 0.4) is 0 Å². The second-order valence-electron chi connectivity index (χ2n) is 21.1. The maximum atomic E-state index is 13.1. The number of aliphatic hydroxyl groups excluding tert-OH is 5. The molecule has 1 aliphatic rings. The zero-order valence-corrected chi connectivity index (χ0v) is 49.4. The summed E-state index contributed by atoms with van der Waals surface area (Å²) in [4.78, 5) is 13.1. The number of carbonyl (C=O) groups is 1. The highest BCUT2D eigenvalue weighted by molar-refractivity contribution is 5.76. The van der Waals surface area contributed by atoms with Crippen molar-refractivity contribution in [1.29, 1.82) is 0 Å². The number of aliphatic hydroxyl groups is 5. The van der Waals surface area contributed by atoms with Gasteiger partial charge in [-0.25, -0.2) is 0 Å². The molecule has 444 valence electrons. The summed E-state index contributed by atoms with van der Waals surface area (Å²) in [5, 5.41) is 54.5. The molecule has 0 radical (unpaired) electrons. The van der Waals surface area contributed by atoms with E-state index in [1.807, 2.05) is 6.08 Å². The van der Waals surface area contributed by atoms with Crippen LogP contribution >= 0.6 is 0 Å².